The molecule has 0 saturated heterocycles. The molecule has 0 atom stereocenters. The Balaban J connectivity index is 2.50. The molecule has 2 N–H and O–H groups in total. The van der Waals surface area contributed by atoms with Crippen LogP contribution in [0, 0.1) is 5.82 Å². The van der Waals surface area contributed by atoms with Crippen LogP contribution >= 0.6 is 0 Å². The zero-order valence-corrected chi connectivity index (χ0v) is 8.80. The Morgan fingerprint density at radius 1 is 1.35 bits per heavy atom. The SMILES string of the molecule is O=C(O)n1cccc1-c1ccc(CO)c(F)c1. The maximum atomic E-state index is 13.5. The fourth-order valence-electron chi connectivity index (χ4n) is 1.62. The van der Waals surface area contributed by atoms with Crippen LogP contribution in [0.1, 0.15) is 5.56 Å². The van der Waals surface area contributed by atoms with Gasteiger partial charge in [0.15, 0.2) is 0 Å². The molecule has 1 heterocycles. The molecule has 0 saturated carbocycles. The molecule has 0 fully saturated rings. The van der Waals surface area contributed by atoms with E-state index in [0.717, 1.165) is 4.57 Å². The quantitative estimate of drug-likeness (QED) is 0.839. The normalized spacial score (nSPS) is 10.5. The van der Waals surface area contributed by atoms with Crippen LogP contribution in [0.15, 0.2) is 36.5 Å². The molecule has 0 aliphatic rings. The Morgan fingerprint density at radius 2 is 2.12 bits per heavy atom. The number of carboxylic acid groups (broad SMARTS) is 1. The third kappa shape index (κ3) is 2.05. The third-order valence-corrected chi connectivity index (χ3v) is 2.47. The van der Waals surface area contributed by atoms with E-state index in [9.17, 15) is 9.18 Å². The van der Waals surface area contributed by atoms with Gasteiger partial charge in [-0.2, -0.15) is 0 Å². The molecule has 0 amide bonds. The molecule has 0 bridgehead atoms. The van der Waals surface area contributed by atoms with Crippen molar-refractivity contribution in [1.29, 1.82) is 0 Å². The molecule has 17 heavy (non-hydrogen) atoms. The standard InChI is InChI=1S/C12H10FNO3/c13-10-6-8(3-4-9(10)7-15)11-2-1-5-14(11)12(16)17/h1-6,15H,7H2,(H,16,17). The second-order valence-electron chi connectivity index (χ2n) is 3.51. The molecule has 2 rings (SSSR count). The minimum Gasteiger partial charge on any atom is -0.464 e. The summed E-state index contributed by atoms with van der Waals surface area (Å²) in [6, 6.07) is 7.37. The van der Waals surface area contributed by atoms with Crippen LogP contribution < -0.4 is 0 Å². The van der Waals surface area contributed by atoms with Crippen LogP contribution in [0.4, 0.5) is 9.18 Å². The summed E-state index contributed by atoms with van der Waals surface area (Å²) < 4.78 is 14.5. The van der Waals surface area contributed by atoms with E-state index in [-0.39, 0.29) is 12.2 Å². The van der Waals surface area contributed by atoms with Crippen molar-refractivity contribution in [2.24, 2.45) is 0 Å². The summed E-state index contributed by atoms with van der Waals surface area (Å²) in [5, 5.41) is 17.8. The van der Waals surface area contributed by atoms with E-state index < -0.39 is 11.9 Å². The molecular formula is C12H10FNO3. The summed E-state index contributed by atoms with van der Waals surface area (Å²) in [5.74, 6) is -0.553. The number of carbonyl (C=O) groups is 1. The van der Waals surface area contributed by atoms with Crippen LogP contribution in [0.25, 0.3) is 11.3 Å². The average Bonchev–Trinajstić information content (AvgIpc) is 2.77. The van der Waals surface area contributed by atoms with Crippen molar-refractivity contribution in [3.8, 4) is 11.3 Å². The highest BCUT2D eigenvalue weighted by Crippen LogP contribution is 2.22. The van der Waals surface area contributed by atoms with Gasteiger partial charge in [0.1, 0.15) is 5.82 Å². The first-order valence-corrected chi connectivity index (χ1v) is 4.94. The van der Waals surface area contributed by atoms with Crippen molar-refractivity contribution in [2.45, 2.75) is 6.61 Å². The van der Waals surface area contributed by atoms with Crippen LogP contribution in [0.3, 0.4) is 0 Å². The van der Waals surface area contributed by atoms with Crippen molar-refractivity contribution in [1.82, 2.24) is 4.57 Å². The van der Waals surface area contributed by atoms with Crippen LogP contribution in [-0.4, -0.2) is 20.9 Å². The van der Waals surface area contributed by atoms with E-state index in [1.807, 2.05) is 0 Å². The van der Waals surface area contributed by atoms with E-state index in [4.69, 9.17) is 10.2 Å². The molecule has 1 aromatic heterocycles. The number of hydrogen-bond donors (Lipinski definition) is 2. The van der Waals surface area contributed by atoms with Gasteiger partial charge in [-0.15, -0.1) is 0 Å². The van der Waals surface area contributed by atoms with Crippen LogP contribution in [-0.2, 0) is 6.61 Å². The van der Waals surface area contributed by atoms with Gasteiger partial charge in [-0.1, -0.05) is 12.1 Å². The zero-order valence-electron chi connectivity index (χ0n) is 8.80. The lowest BCUT2D eigenvalue weighted by molar-refractivity contribution is 0.197. The summed E-state index contributed by atoms with van der Waals surface area (Å²) >= 11 is 0. The molecule has 1 aromatic carbocycles. The molecule has 0 aliphatic carbocycles. The number of aliphatic hydroxyl groups excluding tert-OH is 1. The predicted octanol–water partition coefficient (Wildman–Crippen LogP) is 2.31. The highest BCUT2D eigenvalue weighted by atomic mass is 19.1. The van der Waals surface area contributed by atoms with E-state index in [1.54, 1.807) is 18.2 Å². The minimum atomic E-state index is -1.13. The molecule has 4 nitrogen and oxygen atoms in total. The van der Waals surface area contributed by atoms with Gasteiger partial charge in [0.25, 0.3) is 0 Å². The highest BCUT2D eigenvalue weighted by Gasteiger charge is 2.11. The Morgan fingerprint density at radius 3 is 2.71 bits per heavy atom. The zero-order chi connectivity index (χ0) is 12.4. The predicted molar refractivity (Wildman–Crippen MR) is 59.2 cm³/mol. The lowest BCUT2D eigenvalue weighted by Crippen LogP contribution is -2.07. The number of nitrogens with zero attached hydrogens (tertiary/aromatic N) is 1. The van der Waals surface area contributed by atoms with Crippen molar-refractivity contribution in [3.63, 3.8) is 0 Å². The number of benzene rings is 1. The number of rotatable bonds is 2. The molecule has 88 valence electrons. The molecule has 0 unspecified atom stereocenters. The number of aromatic nitrogens is 1. The lowest BCUT2D eigenvalue weighted by atomic mass is 10.1. The van der Waals surface area contributed by atoms with Gasteiger partial charge in [-0.3, -0.25) is 4.57 Å². The fraction of sp³-hybridized carbons (Fsp3) is 0.0833. The van der Waals surface area contributed by atoms with E-state index in [2.05, 4.69) is 0 Å². The van der Waals surface area contributed by atoms with Gasteiger partial charge < -0.3 is 10.2 Å². The fourth-order valence-corrected chi connectivity index (χ4v) is 1.62. The van der Waals surface area contributed by atoms with Crippen LogP contribution in [0.5, 0.6) is 0 Å². The second kappa shape index (κ2) is 4.39. The summed E-state index contributed by atoms with van der Waals surface area (Å²) in [6.45, 7) is -0.383. The Kier molecular flexibility index (Phi) is 2.93. The van der Waals surface area contributed by atoms with E-state index >= 15 is 0 Å². The van der Waals surface area contributed by atoms with Gasteiger partial charge in [-0.05, 0) is 18.2 Å². The first-order valence-electron chi connectivity index (χ1n) is 4.94. The van der Waals surface area contributed by atoms with Crippen molar-refractivity contribution >= 4 is 6.09 Å². The maximum Gasteiger partial charge on any atom is 0.415 e. The molecule has 0 aliphatic heterocycles. The lowest BCUT2D eigenvalue weighted by Gasteiger charge is -2.06. The van der Waals surface area contributed by atoms with E-state index in [0.29, 0.717) is 11.3 Å². The van der Waals surface area contributed by atoms with Crippen molar-refractivity contribution in [2.75, 3.05) is 0 Å². The summed E-state index contributed by atoms with van der Waals surface area (Å²) in [4.78, 5) is 10.9. The number of hydrogen-bond acceptors (Lipinski definition) is 2. The molecule has 0 radical (unpaired) electrons. The molecule has 2 aromatic rings. The van der Waals surface area contributed by atoms with Gasteiger partial charge in [0, 0.05) is 17.3 Å². The summed E-state index contributed by atoms with van der Waals surface area (Å²) in [5.41, 5.74) is 1.02. The molecule has 5 heteroatoms. The summed E-state index contributed by atoms with van der Waals surface area (Å²) in [7, 11) is 0. The highest BCUT2D eigenvalue weighted by molar-refractivity contribution is 5.77. The maximum absolute atomic E-state index is 13.5. The number of aliphatic hydroxyl groups is 1. The third-order valence-electron chi connectivity index (χ3n) is 2.47. The molecular weight excluding hydrogens is 225 g/mol. The van der Waals surface area contributed by atoms with Crippen molar-refractivity contribution < 1.29 is 19.4 Å². The van der Waals surface area contributed by atoms with Gasteiger partial charge in [0.2, 0.25) is 0 Å². The van der Waals surface area contributed by atoms with Crippen molar-refractivity contribution in [3.05, 3.63) is 47.9 Å². The number of halogens is 1. The first-order chi connectivity index (χ1) is 8.13. The Hall–Kier alpha value is -2.14. The Labute approximate surface area is 96.6 Å². The topological polar surface area (TPSA) is 62.5 Å². The van der Waals surface area contributed by atoms with Gasteiger partial charge in [0.05, 0.1) is 12.3 Å². The summed E-state index contributed by atoms with van der Waals surface area (Å²) in [6.07, 6.45) is 0.256. The first kappa shape index (κ1) is 11.3. The van der Waals surface area contributed by atoms with E-state index in [1.165, 1.54) is 18.3 Å². The smallest absolute Gasteiger partial charge is 0.415 e. The second-order valence-corrected chi connectivity index (χ2v) is 3.51. The van der Waals surface area contributed by atoms with Gasteiger partial charge >= 0.3 is 6.09 Å². The average molecular weight is 235 g/mol. The van der Waals surface area contributed by atoms with Crippen LogP contribution in [0.2, 0.25) is 0 Å². The van der Waals surface area contributed by atoms with Gasteiger partial charge in [-0.25, -0.2) is 9.18 Å². The Bertz CT molecular complexity index is 563. The largest absolute Gasteiger partial charge is 0.464 e. The minimum absolute atomic E-state index is 0.183. The molecule has 0 spiro atoms. The monoisotopic (exact) mass is 235 g/mol.